The van der Waals surface area contributed by atoms with Crippen molar-refractivity contribution in [2.45, 2.75) is 19.0 Å². The third kappa shape index (κ3) is 4.68. The van der Waals surface area contributed by atoms with E-state index in [1.165, 1.54) is 7.11 Å². The van der Waals surface area contributed by atoms with E-state index in [2.05, 4.69) is 15.6 Å². The van der Waals surface area contributed by atoms with Crippen LogP contribution in [-0.2, 0) is 16.1 Å². The lowest BCUT2D eigenvalue weighted by Crippen LogP contribution is -2.55. The molecule has 140 valence electrons. The van der Waals surface area contributed by atoms with Crippen molar-refractivity contribution in [3.8, 4) is 0 Å². The van der Waals surface area contributed by atoms with Crippen molar-refractivity contribution in [2.75, 3.05) is 19.0 Å². The summed E-state index contributed by atoms with van der Waals surface area (Å²) in [4.78, 5) is 41.8. The second-order valence-corrected chi connectivity index (χ2v) is 6.16. The van der Waals surface area contributed by atoms with Gasteiger partial charge in [-0.1, -0.05) is 18.2 Å². The predicted octanol–water partition coefficient (Wildman–Crippen LogP) is 1.79. The van der Waals surface area contributed by atoms with E-state index in [1.807, 2.05) is 0 Å². The molecule has 1 atom stereocenters. The van der Waals surface area contributed by atoms with Gasteiger partial charge in [0, 0.05) is 25.4 Å². The molecule has 1 aliphatic heterocycles. The molecule has 27 heavy (non-hydrogen) atoms. The number of amides is 4. The Kier molecular flexibility index (Phi) is 5.77. The van der Waals surface area contributed by atoms with Crippen molar-refractivity contribution >= 4 is 23.5 Å². The van der Waals surface area contributed by atoms with Crippen LogP contribution in [0, 0.1) is 0 Å². The van der Waals surface area contributed by atoms with Gasteiger partial charge in [-0.05, 0) is 29.8 Å². The van der Waals surface area contributed by atoms with Gasteiger partial charge in [0.1, 0.15) is 5.69 Å². The fraction of sp³-hybridized carbons (Fsp3) is 0.263. The third-order valence-electron chi connectivity index (χ3n) is 4.09. The summed E-state index contributed by atoms with van der Waals surface area (Å²) in [5.41, 5.74) is 1.59. The molecule has 0 bridgehead atoms. The van der Waals surface area contributed by atoms with Gasteiger partial charge in [0.25, 0.3) is 5.91 Å². The number of ether oxygens (including phenoxy) is 1. The molecule has 0 unspecified atom stereocenters. The number of carbonyl (C=O) groups is 3. The molecule has 1 aromatic heterocycles. The van der Waals surface area contributed by atoms with E-state index in [1.54, 1.807) is 48.7 Å². The lowest BCUT2D eigenvalue weighted by molar-refractivity contribution is -0.131. The zero-order valence-electron chi connectivity index (χ0n) is 14.8. The number of carbonyl (C=O) groups excluding carboxylic acids is 3. The molecule has 1 fully saturated rings. The number of imide groups is 1. The first-order chi connectivity index (χ1) is 13.1. The molecule has 0 radical (unpaired) electrons. The van der Waals surface area contributed by atoms with Crippen molar-refractivity contribution in [2.24, 2.45) is 0 Å². The van der Waals surface area contributed by atoms with Crippen LogP contribution in [0.15, 0.2) is 48.7 Å². The lowest BCUT2D eigenvalue weighted by Gasteiger charge is -2.31. The average molecular weight is 368 g/mol. The molecular weight excluding hydrogens is 348 g/mol. The fourth-order valence-electron chi connectivity index (χ4n) is 2.82. The minimum Gasteiger partial charge on any atom is -0.383 e. The highest BCUT2D eigenvalue weighted by molar-refractivity contribution is 6.02. The third-order valence-corrected chi connectivity index (χ3v) is 4.09. The Morgan fingerprint density at radius 1 is 1.30 bits per heavy atom. The second kappa shape index (κ2) is 8.41. The molecule has 2 aromatic rings. The number of nitrogens with zero attached hydrogens (tertiary/aromatic N) is 2. The summed E-state index contributed by atoms with van der Waals surface area (Å²) >= 11 is 0. The highest BCUT2D eigenvalue weighted by Gasteiger charge is 2.31. The number of anilines is 1. The Labute approximate surface area is 156 Å². The lowest BCUT2D eigenvalue weighted by atomic mass is 10.1. The van der Waals surface area contributed by atoms with E-state index >= 15 is 0 Å². The maximum absolute atomic E-state index is 12.3. The Bertz CT molecular complexity index is 823. The Morgan fingerprint density at radius 3 is 2.85 bits per heavy atom. The molecular formula is C19H20N4O4. The molecule has 1 aromatic carbocycles. The number of benzene rings is 1. The number of urea groups is 1. The van der Waals surface area contributed by atoms with Crippen LogP contribution >= 0.6 is 0 Å². The van der Waals surface area contributed by atoms with Crippen LogP contribution < -0.4 is 10.6 Å². The van der Waals surface area contributed by atoms with Gasteiger partial charge in [-0.25, -0.2) is 4.79 Å². The van der Waals surface area contributed by atoms with Crippen molar-refractivity contribution < 1.29 is 19.1 Å². The van der Waals surface area contributed by atoms with Crippen molar-refractivity contribution in [1.29, 1.82) is 0 Å². The van der Waals surface area contributed by atoms with Crippen LogP contribution in [0.2, 0.25) is 0 Å². The molecule has 2 N–H and O–H groups in total. The molecule has 8 nitrogen and oxygen atoms in total. The minimum atomic E-state index is -0.448. The summed E-state index contributed by atoms with van der Waals surface area (Å²) in [6.07, 6.45) is 1.73. The van der Waals surface area contributed by atoms with Gasteiger partial charge in [-0.3, -0.25) is 19.5 Å². The SMILES string of the molecule is COC[C@H]1CC(=O)N(Cc2cccc(NC(=O)c3ccccn3)c2)C(=O)N1. The molecule has 2 heterocycles. The Hall–Kier alpha value is -3.26. The van der Waals surface area contributed by atoms with Crippen LogP contribution in [0.4, 0.5) is 10.5 Å². The van der Waals surface area contributed by atoms with Gasteiger partial charge < -0.3 is 15.4 Å². The van der Waals surface area contributed by atoms with E-state index in [0.717, 1.165) is 10.5 Å². The number of hydrogen-bond acceptors (Lipinski definition) is 5. The summed E-state index contributed by atoms with van der Waals surface area (Å²) in [7, 11) is 1.52. The van der Waals surface area contributed by atoms with E-state index in [-0.39, 0.29) is 30.8 Å². The molecule has 8 heteroatoms. The summed E-state index contributed by atoms with van der Waals surface area (Å²) in [5.74, 6) is -0.592. The zero-order valence-corrected chi connectivity index (χ0v) is 14.8. The first-order valence-corrected chi connectivity index (χ1v) is 8.48. The zero-order chi connectivity index (χ0) is 19.2. The van der Waals surface area contributed by atoms with Crippen molar-refractivity contribution in [3.05, 3.63) is 59.9 Å². The molecule has 0 saturated carbocycles. The summed E-state index contributed by atoms with van der Waals surface area (Å²) < 4.78 is 4.99. The number of nitrogens with one attached hydrogen (secondary N) is 2. The molecule has 1 aliphatic rings. The molecule has 1 saturated heterocycles. The van der Waals surface area contributed by atoms with E-state index in [9.17, 15) is 14.4 Å². The molecule has 0 spiro atoms. The smallest absolute Gasteiger partial charge is 0.324 e. The standard InChI is InChI=1S/C19H20N4O4/c1-27-12-15-10-17(24)23(19(26)22-15)11-13-5-4-6-14(9-13)21-18(25)16-7-2-3-8-20-16/h2-9,15H,10-12H2,1H3,(H,21,25)(H,22,26)/t15-/m1/s1. The normalized spacial score (nSPS) is 16.8. The molecule has 4 amide bonds. The van der Waals surface area contributed by atoms with Gasteiger partial charge in [0.15, 0.2) is 0 Å². The van der Waals surface area contributed by atoms with E-state index < -0.39 is 6.03 Å². The van der Waals surface area contributed by atoms with Crippen molar-refractivity contribution in [3.63, 3.8) is 0 Å². The predicted molar refractivity (Wildman–Crippen MR) is 98.0 cm³/mol. The van der Waals surface area contributed by atoms with Crippen LogP contribution in [0.3, 0.4) is 0 Å². The Morgan fingerprint density at radius 2 is 2.15 bits per heavy atom. The summed E-state index contributed by atoms with van der Waals surface area (Å²) in [6.45, 7) is 0.415. The van der Waals surface area contributed by atoms with Gasteiger partial charge in [-0.2, -0.15) is 0 Å². The monoisotopic (exact) mass is 368 g/mol. The first-order valence-electron chi connectivity index (χ1n) is 8.48. The average Bonchev–Trinajstić information content (AvgIpc) is 2.66. The van der Waals surface area contributed by atoms with Gasteiger partial charge in [0.05, 0.1) is 19.2 Å². The number of hydrogen-bond donors (Lipinski definition) is 2. The van der Waals surface area contributed by atoms with Gasteiger partial charge in [-0.15, -0.1) is 0 Å². The number of methoxy groups -OCH3 is 1. The second-order valence-electron chi connectivity index (χ2n) is 6.16. The van der Waals surface area contributed by atoms with E-state index in [4.69, 9.17) is 4.74 Å². The molecule has 0 aliphatic carbocycles. The van der Waals surface area contributed by atoms with Gasteiger partial charge in [0.2, 0.25) is 5.91 Å². The molecule has 3 rings (SSSR count). The van der Waals surface area contributed by atoms with Crippen LogP contribution in [0.1, 0.15) is 22.5 Å². The highest BCUT2D eigenvalue weighted by atomic mass is 16.5. The topological polar surface area (TPSA) is 101 Å². The number of pyridine rings is 1. The minimum absolute atomic E-state index is 0.123. The first kappa shape index (κ1) is 18.5. The Balaban J connectivity index is 1.66. The fourth-order valence-corrected chi connectivity index (χ4v) is 2.82. The largest absolute Gasteiger partial charge is 0.383 e. The van der Waals surface area contributed by atoms with Gasteiger partial charge >= 0.3 is 6.03 Å². The summed E-state index contributed by atoms with van der Waals surface area (Å²) in [5, 5.41) is 5.51. The summed E-state index contributed by atoms with van der Waals surface area (Å²) in [6, 6.07) is 11.3. The maximum Gasteiger partial charge on any atom is 0.324 e. The van der Waals surface area contributed by atoms with Crippen LogP contribution in [-0.4, -0.2) is 47.5 Å². The maximum atomic E-state index is 12.3. The van der Waals surface area contributed by atoms with Crippen molar-refractivity contribution in [1.82, 2.24) is 15.2 Å². The number of aromatic nitrogens is 1. The number of rotatable bonds is 6. The quantitative estimate of drug-likeness (QED) is 0.810. The van der Waals surface area contributed by atoms with E-state index in [0.29, 0.717) is 18.0 Å². The highest BCUT2D eigenvalue weighted by Crippen LogP contribution is 2.17. The van der Waals surface area contributed by atoms with Crippen LogP contribution in [0.5, 0.6) is 0 Å². The van der Waals surface area contributed by atoms with Crippen LogP contribution in [0.25, 0.3) is 0 Å².